The van der Waals surface area contributed by atoms with Crippen LogP contribution in [0.4, 0.5) is 5.69 Å². The molecule has 0 aliphatic carbocycles. The number of nitrogens with zero attached hydrogens (tertiary/aromatic N) is 4. The Kier molecular flexibility index (Phi) is 5.04. The topological polar surface area (TPSA) is 66.5 Å². The molecule has 2 heterocycles. The molecule has 0 fully saturated rings. The number of pyridine rings is 1. The average molecular weight is 345 g/mol. The van der Waals surface area contributed by atoms with Crippen LogP contribution < -0.4 is 5.32 Å². The molecule has 0 atom stereocenters. The highest BCUT2D eigenvalue weighted by Crippen LogP contribution is 2.20. The van der Waals surface area contributed by atoms with Gasteiger partial charge in [0.25, 0.3) is 0 Å². The number of rotatable bonds is 5. The normalized spacial score (nSPS) is 10.6. The molecule has 1 N–H and O–H groups in total. The van der Waals surface area contributed by atoms with E-state index in [0.29, 0.717) is 12.1 Å². The molecule has 1 aromatic carbocycles. The van der Waals surface area contributed by atoms with E-state index in [1.807, 2.05) is 31.5 Å². The third kappa shape index (κ3) is 3.92. The van der Waals surface area contributed by atoms with E-state index in [0.717, 1.165) is 35.0 Å². The number of anilines is 1. The van der Waals surface area contributed by atoms with Gasteiger partial charge in [-0.25, -0.2) is 0 Å². The average Bonchev–Trinajstić information content (AvgIpc) is 2.90. The predicted molar refractivity (Wildman–Crippen MR) is 103 cm³/mol. The maximum atomic E-state index is 9.38. The number of nitriles is 1. The van der Waals surface area contributed by atoms with Gasteiger partial charge >= 0.3 is 0 Å². The number of aromatic nitrogens is 3. The molecule has 2 aromatic heterocycles. The maximum Gasteiger partial charge on any atom is 0.103 e. The molecule has 0 amide bonds. The molecular formula is C21H23N5. The van der Waals surface area contributed by atoms with Gasteiger partial charge < -0.3 is 5.32 Å². The number of nitrogens with one attached hydrogen (secondary N) is 1. The second kappa shape index (κ2) is 7.40. The molecule has 26 heavy (non-hydrogen) atoms. The number of aryl methyl sites for hydroxylation is 4. The minimum atomic E-state index is 0.606. The summed E-state index contributed by atoms with van der Waals surface area (Å²) in [6.45, 7) is 9.30. The lowest BCUT2D eigenvalue weighted by atomic mass is 10.1. The number of hydrogen-bond acceptors (Lipinski definition) is 4. The zero-order valence-corrected chi connectivity index (χ0v) is 15.7. The van der Waals surface area contributed by atoms with Crippen LogP contribution in [0.3, 0.4) is 0 Å². The molecule has 0 aliphatic heterocycles. The van der Waals surface area contributed by atoms with Crippen LogP contribution in [0, 0.1) is 39.0 Å². The second-order valence-electron chi connectivity index (χ2n) is 6.64. The Morgan fingerprint density at radius 1 is 1.04 bits per heavy atom. The van der Waals surface area contributed by atoms with Crippen molar-refractivity contribution in [2.24, 2.45) is 0 Å². The Morgan fingerprint density at radius 3 is 2.50 bits per heavy atom. The van der Waals surface area contributed by atoms with Gasteiger partial charge in [0.15, 0.2) is 0 Å². The van der Waals surface area contributed by atoms with E-state index in [2.05, 4.69) is 58.7 Å². The molecular weight excluding hydrogens is 322 g/mol. The van der Waals surface area contributed by atoms with Crippen LogP contribution in [0.1, 0.15) is 39.5 Å². The van der Waals surface area contributed by atoms with E-state index in [1.165, 1.54) is 11.1 Å². The first-order valence-corrected chi connectivity index (χ1v) is 8.67. The van der Waals surface area contributed by atoms with Crippen molar-refractivity contribution in [1.82, 2.24) is 14.8 Å². The highest BCUT2D eigenvalue weighted by molar-refractivity contribution is 5.60. The Labute approximate surface area is 154 Å². The second-order valence-corrected chi connectivity index (χ2v) is 6.64. The molecule has 0 spiro atoms. The van der Waals surface area contributed by atoms with Gasteiger partial charge in [0.1, 0.15) is 6.07 Å². The van der Waals surface area contributed by atoms with Gasteiger partial charge in [-0.2, -0.15) is 10.4 Å². The molecule has 0 radical (unpaired) electrons. The Morgan fingerprint density at radius 2 is 1.81 bits per heavy atom. The summed E-state index contributed by atoms with van der Waals surface area (Å²) >= 11 is 0. The van der Waals surface area contributed by atoms with Crippen molar-refractivity contribution in [2.75, 3.05) is 5.32 Å². The molecule has 0 saturated carbocycles. The summed E-state index contributed by atoms with van der Waals surface area (Å²) in [5, 5.41) is 17.3. The van der Waals surface area contributed by atoms with Gasteiger partial charge in [0.05, 0.1) is 29.2 Å². The molecule has 3 aromatic rings. The van der Waals surface area contributed by atoms with Crippen molar-refractivity contribution in [1.29, 1.82) is 5.26 Å². The minimum absolute atomic E-state index is 0.606. The molecule has 3 rings (SSSR count). The van der Waals surface area contributed by atoms with Crippen LogP contribution in [0.25, 0.3) is 0 Å². The fraction of sp³-hybridized carbons (Fsp3) is 0.286. The Hall–Kier alpha value is -3.13. The van der Waals surface area contributed by atoms with E-state index < -0.39 is 0 Å². The molecule has 0 saturated heterocycles. The standard InChI is InChI=1S/C21H23N5/c1-14-9-21(20(11-22)17(4)24-14)23-12-18-6-5-7-19(10-18)13-26-16(3)8-15(2)25-26/h5-10H,12-13H2,1-4H3,(H,23,24). The number of hydrogen-bond donors (Lipinski definition) is 1. The molecule has 0 unspecified atom stereocenters. The Balaban J connectivity index is 1.76. The van der Waals surface area contributed by atoms with E-state index >= 15 is 0 Å². The fourth-order valence-corrected chi connectivity index (χ4v) is 3.15. The van der Waals surface area contributed by atoms with E-state index in [1.54, 1.807) is 0 Å². The van der Waals surface area contributed by atoms with Crippen molar-refractivity contribution in [3.8, 4) is 6.07 Å². The maximum absolute atomic E-state index is 9.38. The lowest BCUT2D eigenvalue weighted by Crippen LogP contribution is -2.07. The van der Waals surface area contributed by atoms with Gasteiger partial charge in [0, 0.05) is 17.9 Å². The lowest BCUT2D eigenvalue weighted by molar-refractivity contribution is 0.658. The van der Waals surface area contributed by atoms with Gasteiger partial charge in [-0.05, 0) is 51.0 Å². The van der Waals surface area contributed by atoms with Crippen molar-refractivity contribution in [3.63, 3.8) is 0 Å². The minimum Gasteiger partial charge on any atom is -0.380 e. The first-order chi connectivity index (χ1) is 12.5. The summed E-state index contributed by atoms with van der Waals surface area (Å²) in [5.41, 5.74) is 7.67. The monoisotopic (exact) mass is 345 g/mol. The SMILES string of the molecule is Cc1cc(NCc2cccc(Cn3nc(C)cc3C)c2)c(C#N)c(C)n1. The van der Waals surface area contributed by atoms with Crippen LogP contribution in [0.15, 0.2) is 36.4 Å². The van der Waals surface area contributed by atoms with Crippen LogP contribution >= 0.6 is 0 Å². The largest absolute Gasteiger partial charge is 0.380 e. The molecule has 0 aliphatic rings. The van der Waals surface area contributed by atoms with Gasteiger partial charge in [-0.1, -0.05) is 24.3 Å². The summed E-state index contributed by atoms with van der Waals surface area (Å²) in [6.07, 6.45) is 0. The van der Waals surface area contributed by atoms with Crippen molar-refractivity contribution >= 4 is 5.69 Å². The fourth-order valence-electron chi connectivity index (χ4n) is 3.15. The first kappa shape index (κ1) is 17.7. The van der Waals surface area contributed by atoms with Crippen molar-refractivity contribution in [2.45, 2.75) is 40.8 Å². The molecule has 0 bridgehead atoms. The van der Waals surface area contributed by atoms with Gasteiger partial charge in [-0.15, -0.1) is 0 Å². The third-order valence-corrected chi connectivity index (χ3v) is 4.35. The zero-order valence-electron chi connectivity index (χ0n) is 15.7. The third-order valence-electron chi connectivity index (χ3n) is 4.35. The first-order valence-electron chi connectivity index (χ1n) is 8.67. The van der Waals surface area contributed by atoms with Crippen LogP contribution in [-0.2, 0) is 13.1 Å². The van der Waals surface area contributed by atoms with E-state index in [4.69, 9.17) is 0 Å². The molecule has 132 valence electrons. The molecule has 5 heteroatoms. The number of benzene rings is 1. The van der Waals surface area contributed by atoms with E-state index in [9.17, 15) is 5.26 Å². The zero-order chi connectivity index (χ0) is 18.7. The summed E-state index contributed by atoms with van der Waals surface area (Å²) < 4.78 is 2.02. The quantitative estimate of drug-likeness (QED) is 0.758. The lowest BCUT2D eigenvalue weighted by Gasteiger charge is -2.12. The summed E-state index contributed by atoms with van der Waals surface area (Å²) in [6, 6.07) is 14.7. The summed E-state index contributed by atoms with van der Waals surface area (Å²) in [5.74, 6) is 0. The van der Waals surface area contributed by atoms with Gasteiger partial charge in [0.2, 0.25) is 0 Å². The van der Waals surface area contributed by atoms with Crippen LogP contribution in [0.5, 0.6) is 0 Å². The highest BCUT2D eigenvalue weighted by Gasteiger charge is 2.08. The van der Waals surface area contributed by atoms with Crippen LogP contribution in [0.2, 0.25) is 0 Å². The smallest absolute Gasteiger partial charge is 0.103 e. The van der Waals surface area contributed by atoms with Crippen LogP contribution in [-0.4, -0.2) is 14.8 Å². The summed E-state index contributed by atoms with van der Waals surface area (Å²) in [4.78, 5) is 4.36. The molecule has 5 nitrogen and oxygen atoms in total. The van der Waals surface area contributed by atoms with E-state index in [-0.39, 0.29) is 0 Å². The highest BCUT2D eigenvalue weighted by atomic mass is 15.3. The van der Waals surface area contributed by atoms with Crippen molar-refractivity contribution in [3.05, 3.63) is 75.9 Å². The predicted octanol–water partition coefficient (Wildman–Crippen LogP) is 4.04. The summed E-state index contributed by atoms with van der Waals surface area (Å²) in [7, 11) is 0. The van der Waals surface area contributed by atoms with Gasteiger partial charge in [-0.3, -0.25) is 9.67 Å². The Bertz CT molecular complexity index is 979. The van der Waals surface area contributed by atoms with Crippen molar-refractivity contribution < 1.29 is 0 Å².